The lowest BCUT2D eigenvalue weighted by atomic mass is 10.2. The van der Waals surface area contributed by atoms with Crippen molar-refractivity contribution in [2.45, 2.75) is 38.8 Å². The smallest absolute Gasteiger partial charge is 0.470 e. The predicted molar refractivity (Wildman–Crippen MR) is 68.5 cm³/mol. The third-order valence-electron chi connectivity index (χ3n) is 2.47. The molecule has 0 N–H and O–H groups in total. The second-order valence-electron chi connectivity index (χ2n) is 4.61. The van der Waals surface area contributed by atoms with Crippen molar-refractivity contribution in [2.24, 2.45) is 0 Å². The number of carbonyl (C=O) groups is 2. The van der Waals surface area contributed by atoms with Crippen molar-refractivity contribution >= 4 is 20.5 Å². The Morgan fingerprint density at radius 3 is 1.65 bits per heavy atom. The van der Waals surface area contributed by atoms with Gasteiger partial charge in [0, 0.05) is 23.2 Å². The van der Waals surface area contributed by atoms with Crippen LogP contribution in [0.1, 0.15) is 27.7 Å². The molecule has 0 saturated carbocycles. The molecule has 0 amide bonds. The maximum atomic E-state index is 11.4. The summed E-state index contributed by atoms with van der Waals surface area (Å²) in [4.78, 5) is 22.8. The quantitative estimate of drug-likeness (QED) is 0.560. The van der Waals surface area contributed by atoms with E-state index >= 15 is 0 Å². The maximum Gasteiger partial charge on any atom is 0.470 e. The normalized spacial score (nSPS) is 11.5. The van der Waals surface area contributed by atoms with Gasteiger partial charge in [0.1, 0.15) is 0 Å². The summed E-state index contributed by atoms with van der Waals surface area (Å²) in [6.45, 7) is 14.2. The predicted octanol–water partition coefficient (Wildman–Crippen LogP) is 2.71. The lowest BCUT2D eigenvalue weighted by Gasteiger charge is -2.37. The van der Waals surface area contributed by atoms with Crippen LogP contribution in [0.25, 0.3) is 0 Å². The van der Waals surface area contributed by atoms with E-state index in [1.807, 2.05) is 27.7 Å². The molecule has 0 aromatic carbocycles. The number of hydrogen-bond acceptors (Lipinski definition) is 4. The van der Waals surface area contributed by atoms with Gasteiger partial charge in [-0.05, 0) is 0 Å². The van der Waals surface area contributed by atoms with Crippen molar-refractivity contribution in [1.82, 2.24) is 0 Å². The molecule has 4 nitrogen and oxygen atoms in total. The monoisotopic (exact) mass is 256 g/mol. The van der Waals surface area contributed by atoms with Gasteiger partial charge in [-0.1, -0.05) is 40.9 Å². The van der Waals surface area contributed by atoms with Gasteiger partial charge >= 0.3 is 20.5 Å². The van der Waals surface area contributed by atoms with Gasteiger partial charge in [-0.15, -0.1) is 0 Å². The summed E-state index contributed by atoms with van der Waals surface area (Å²) in [6.07, 6.45) is 2.15. The second-order valence-corrected chi connectivity index (χ2v) is 8.73. The summed E-state index contributed by atoms with van der Waals surface area (Å²) in [7, 11) is -2.98. The van der Waals surface area contributed by atoms with Gasteiger partial charge in [-0.2, -0.15) is 0 Å². The van der Waals surface area contributed by atoms with Crippen molar-refractivity contribution in [3.63, 3.8) is 0 Å². The van der Waals surface area contributed by atoms with Crippen LogP contribution >= 0.6 is 0 Å². The van der Waals surface area contributed by atoms with Crippen LogP contribution in [-0.4, -0.2) is 20.5 Å². The number of rotatable bonds is 5. The molecule has 0 rings (SSSR count). The Labute approximate surface area is 104 Å². The molecule has 5 heteroatoms. The third kappa shape index (κ3) is 3.85. The van der Waals surface area contributed by atoms with E-state index in [1.165, 1.54) is 0 Å². The molecule has 0 heterocycles. The third-order valence-corrected chi connectivity index (χ3v) is 6.75. The van der Waals surface area contributed by atoms with Gasteiger partial charge in [-0.3, -0.25) is 0 Å². The first-order chi connectivity index (χ1) is 7.72. The fourth-order valence-corrected chi connectivity index (χ4v) is 4.23. The minimum absolute atomic E-state index is 0.418. The van der Waals surface area contributed by atoms with Crippen LogP contribution in [0.4, 0.5) is 0 Å². The molecule has 0 spiro atoms. The average molecular weight is 256 g/mol. The van der Waals surface area contributed by atoms with Gasteiger partial charge in [0.2, 0.25) is 0 Å². The maximum absolute atomic E-state index is 11.4. The van der Waals surface area contributed by atoms with Crippen molar-refractivity contribution in [3.05, 3.63) is 25.3 Å². The summed E-state index contributed by atoms with van der Waals surface area (Å²) >= 11 is 0. The summed E-state index contributed by atoms with van der Waals surface area (Å²) in [5, 5.41) is -0.418. The minimum Gasteiger partial charge on any atom is -0.481 e. The highest BCUT2D eigenvalue weighted by molar-refractivity contribution is 6.73. The van der Waals surface area contributed by atoms with Crippen LogP contribution in [-0.2, 0) is 18.4 Å². The zero-order chi connectivity index (χ0) is 13.7. The molecule has 17 heavy (non-hydrogen) atoms. The van der Waals surface area contributed by atoms with E-state index in [0.29, 0.717) is 6.04 Å². The molecule has 0 bridgehead atoms. The molecule has 0 aromatic heterocycles. The SMILES string of the molecule is C=CC(=O)O[Si](CC)(OC(=O)C=C)C(C)(C)C. The summed E-state index contributed by atoms with van der Waals surface area (Å²) < 4.78 is 10.7. The Balaban J connectivity index is 5.29. The Kier molecular flexibility index (Phi) is 5.35. The van der Waals surface area contributed by atoms with E-state index < -0.39 is 25.5 Å². The molecule has 0 aliphatic rings. The highest BCUT2D eigenvalue weighted by atomic mass is 28.4. The molecule has 0 aromatic rings. The summed E-state index contributed by atoms with van der Waals surface area (Å²) in [5.74, 6) is -1.13. The Bertz CT molecular complexity index is 306. The van der Waals surface area contributed by atoms with Crippen LogP contribution in [0.15, 0.2) is 25.3 Å². The molecule has 0 aliphatic heterocycles. The van der Waals surface area contributed by atoms with E-state index in [2.05, 4.69) is 13.2 Å². The van der Waals surface area contributed by atoms with Gasteiger partial charge < -0.3 is 8.85 Å². The molecule has 0 radical (unpaired) electrons. The van der Waals surface area contributed by atoms with Gasteiger partial charge in [-0.25, -0.2) is 9.59 Å². The van der Waals surface area contributed by atoms with Gasteiger partial charge in [0.15, 0.2) is 0 Å². The summed E-state index contributed by atoms with van der Waals surface area (Å²) in [6, 6.07) is 0.482. The van der Waals surface area contributed by atoms with Crippen molar-refractivity contribution in [2.75, 3.05) is 0 Å². The fraction of sp³-hybridized carbons (Fsp3) is 0.500. The van der Waals surface area contributed by atoms with Crippen LogP contribution in [0.3, 0.4) is 0 Å². The first-order valence-electron chi connectivity index (χ1n) is 5.43. The van der Waals surface area contributed by atoms with Crippen LogP contribution in [0.5, 0.6) is 0 Å². The van der Waals surface area contributed by atoms with E-state index in [-0.39, 0.29) is 0 Å². The first-order valence-corrected chi connectivity index (χ1v) is 7.45. The molecule has 0 saturated heterocycles. The van der Waals surface area contributed by atoms with E-state index in [1.54, 1.807) is 0 Å². The van der Waals surface area contributed by atoms with Crippen LogP contribution < -0.4 is 0 Å². The molecule has 0 fully saturated rings. The van der Waals surface area contributed by atoms with Gasteiger partial charge in [0.05, 0.1) is 0 Å². The van der Waals surface area contributed by atoms with Crippen molar-refractivity contribution in [3.8, 4) is 0 Å². The Morgan fingerprint density at radius 1 is 1.12 bits per heavy atom. The van der Waals surface area contributed by atoms with E-state index in [0.717, 1.165) is 12.2 Å². The van der Waals surface area contributed by atoms with Crippen LogP contribution in [0.2, 0.25) is 11.1 Å². The van der Waals surface area contributed by atoms with E-state index in [9.17, 15) is 9.59 Å². The molecular weight excluding hydrogens is 236 g/mol. The second kappa shape index (κ2) is 5.81. The first kappa shape index (κ1) is 15.6. The minimum atomic E-state index is -2.98. The topological polar surface area (TPSA) is 52.6 Å². The molecule has 0 aliphatic carbocycles. The zero-order valence-electron chi connectivity index (χ0n) is 10.9. The van der Waals surface area contributed by atoms with Crippen molar-refractivity contribution < 1.29 is 18.4 Å². The standard InChI is InChI=1S/C12H20O4Si/c1-7-10(13)15-17(9-3,12(4,5)6)16-11(14)8-2/h7-8H,1-2,9H2,3-6H3. The number of hydrogen-bond donors (Lipinski definition) is 0. The molecule has 0 atom stereocenters. The fourth-order valence-electron chi connectivity index (χ4n) is 1.41. The molecular formula is C12H20O4Si. The lowest BCUT2D eigenvalue weighted by Crippen LogP contribution is -2.52. The molecule has 96 valence electrons. The molecule has 0 unspecified atom stereocenters. The van der Waals surface area contributed by atoms with Crippen LogP contribution in [0, 0.1) is 0 Å². The zero-order valence-corrected chi connectivity index (χ0v) is 11.9. The highest BCUT2D eigenvalue weighted by Gasteiger charge is 2.53. The summed E-state index contributed by atoms with van der Waals surface area (Å²) in [5.41, 5.74) is 0. The Hall–Kier alpha value is -1.36. The highest BCUT2D eigenvalue weighted by Crippen LogP contribution is 2.40. The van der Waals surface area contributed by atoms with Gasteiger partial charge in [0.25, 0.3) is 0 Å². The number of carbonyl (C=O) groups excluding carboxylic acids is 2. The van der Waals surface area contributed by atoms with Crippen molar-refractivity contribution in [1.29, 1.82) is 0 Å². The van der Waals surface area contributed by atoms with E-state index in [4.69, 9.17) is 8.85 Å². The lowest BCUT2D eigenvalue weighted by molar-refractivity contribution is -0.136. The Morgan fingerprint density at radius 2 is 1.47 bits per heavy atom. The average Bonchev–Trinajstić information content (AvgIpc) is 2.25. The largest absolute Gasteiger partial charge is 0.481 e.